The first-order chi connectivity index (χ1) is 16.0. The molecule has 1 saturated heterocycles. The molecule has 1 aliphatic heterocycles. The highest BCUT2D eigenvalue weighted by atomic mass is 32.2. The van der Waals surface area contributed by atoms with Crippen LogP contribution < -0.4 is 0 Å². The summed E-state index contributed by atoms with van der Waals surface area (Å²) in [6, 6.07) is 8.03. The average molecular weight is 499 g/mol. The maximum atomic E-state index is 13.9. The van der Waals surface area contributed by atoms with Gasteiger partial charge in [-0.2, -0.15) is 22.5 Å². The van der Waals surface area contributed by atoms with Gasteiger partial charge < -0.3 is 4.52 Å². The zero-order valence-corrected chi connectivity index (χ0v) is 19.2. The van der Waals surface area contributed by atoms with Crippen molar-refractivity contribution < 1.29 is 30.5 Å². The van der Waals surface area contributed by atoms with E-state index in [9.17, 15) is 26.0 Å². The molecule has 1 fully saturated rings. The molecule has 2 aromatic carbocycles. The van der Waals surface area contributed by atoms with Crippen LogP contribution in [0.3, 0.4) is 0 Å². The number of sulfonamides is 1. The predicted molar refractivity (Wildman–Crippen MR) is 115 cm³/mol. The first-order valence-corrected chi connectivity index (χ1v) is 11.9. The summed E-state index contributed by atoms with van der Waals surface area (Å²) in [7, 11) is -4.08. The zero-order valence-electron chi connectivity index (χ0n) is 18.4. The molecule has 0 aliphatic carbocycles. The summed E-state index contributed by atoms with van der Waals surface area (Å²) in [5, 5.41) is 3.92. The highest BCUT2D eigenvalue weighted by molar-refractivity contribution is 7.89. The lowest BCUT2D eigenvalue weighted by Gasteiger charge is -2.36. The molecule has 0 bridgehead atoms. The van der Waals surface area contributed by atoms with E-state index in [1.54, 1.807) is 19.1 Å². The van der Waals surface area contributed by atoms with Gasteiger partial charge in [0.1, 0.15) is 5.82 Å². The van der Waals surface area contributed by atoms with E-state index in [-0.39, 0.29) is 30.8 Å². The fraction of sp³-hybridized carbons (Fsp3) is 0.364. The van der Waals surface area contributed by atoms with E-state index < -0.39 is 26.7 Å². The van der Waals surface area contributed by atoms with Gasteiger partial charge in [0.25, 0.3) is 0 Å². The Kier molecular flexibility index (Phi) is 6.49. The average Bonchev–Trinajstić information content (AvgIpc) is 3.30. The first kappa shape index (κ1) is 24.3. The van der Waals surface area contributed by atoms with Gasteiger partial charge in [-0.25, -0.2) is 12.8 Å². The van der Waals surface area contributed by atoms with E-state index in [4.69, 9.17) is 4.52 Å². The second-order valence-electron chi connectivity index (χ2n) is 8.06. The van der Waals surface area contributed by atoms with E-state index >= 15 is 0 Å². The summed E-state index contributed by atoms with van der Waals surface area (Å²) < 4.78 is 85.1. The number of aryl methyl sites for hydroxylation is 1. The van der Waals surface area contributed by atoms with Crippen LogP contribution in [0.2, 0.25) is 0 Å². The summed E-state index contributed by atoms with van der Waals surface area (Å²) in [6.45, 7) is 4.28. The molecule has 1 aliphatic rings. The molecule has 1 aromatic heterocycles. The van der Waals surface area contributed by atoms with Crippen molar-refractivity contribution in [3.63, 3.8) is 0 Å². The normalized spacial score (nSPS) is 17.1. The van der Waals surface area contributed by atoms with Crippen LogP contribution in [-0.2, 0) is 16.2 Å². The molecule has 0 amide bonds. The summed E-state index contributed by atoms with van der Waals surface area (Å²) >= 11 is 0. The summed E-state index contributed by atoms with van der Waals surface area (Å²) in [5.74, 6) is 0.159. The van der Waals surface area contributed by atoms with Gasteiger partial charge in [0.15, 0.2) is 0 Å². The Morgan fingerprint density at radius 1 is 1.06 bits per heavy atom. The first-order valence-electron chi connectivity index (χ1n) is 10.5. The van der Waals surface area contributed by atoms with Crippen molar-refractivity contribution in [3.05, 3.63) is 65.3 Å². The lowest BCUT2D eigenvalue weighted by molar-refractivity contribution is -0.137. The van der Waals surface area contributed by atoms with Crippen LogP contribution in [-0.4, -0.2) is 53.9 Å². The molecule has 4 rings (SSSR count). The van der Waals surface area contributed by atoms with Gasteiger partial charge in [-0.05, 0) is 43.7 Å². The van der Waals surface area contributed by atoms with Crippen molar-refractivity contribution in [3.8, 4) is 11.4 Å². The lowest BCUT2D eigenvalue weighted by Crippen LogP contribution is -2.49. The number of alkyl halides is 3. The molecule has 0 spiro atoms. The van der Waals surface area contributed by atoms with E-state index in [0.29, 0.717) is 36.2 Å². The molecule has 1 atom stereocenters. The summed E-state index contributed by atoms with van der Waals surface area (Å²) in [5.41, 5.74) is -0.0393. The molecule has 0 radical (unpaired) electrons. The van der Waals surface area contributed by atoms with E-state index in [2.05, 4.69) is 10.1 Å². The van der Waals surface area contributed by atoms with Crippen molar-refractivity contribution in [1.82, 2.24) is 19.3 Å². The van der Waals surface area contributed by atoms with Crippen molar-refractivity contribution >= 4 is 10.0 Å². The van der Waals surface area contributed by atoms with Gasteiger partial charge in [0.05, 0.1) is 16.5 Å². The summed E-state index contributed by atoms with van der Waals surface area (Å²) in [4.78, 5) is 5.89. The van der Waals surface area contributed by atoms with Gasteiger partial charge in [-0.3, -0.25) is 4.90 Å². The van der Waals surface area contributed by atoms with Gasteiger partial charge >= 0.3 is 6.18 Å². The SMILES string of the molecule is Cc1ccc(-c2noc([C@H](C)N3CCN(S(=O)(=O)c4cccc(C(F)(F)F)c4)CC3)n2)cc1F. The Hall–Kier alpha value is -2.83. The molecule has 0 saturated carbocycles. The smallest absolute Gasteiger partial charge is 0.337 e. The molecule has 3 aromatic rings. The minimum atomic E-state index is -4.63. The Morgan fingerprint density at radius 3 is 2.41 bits per heavy atom. The molecule has 2 heterocycles. The Labute approximate surface area is 194 Å². The standard InChI is InChI=1S/C22H22F4N4O3S/c1-14-6-7-16(12-19(14)23)20-27-21(33-28-20)15(2)29-8-10-30(11-9-29)34(31,32)18-5-3-4-17(13-18)22(24,25)26/h3-7,12-13,15H,8-11H2,1-2H3/t15-/m0/s1. The van der Waals surface area contributed by atoms with Crippen LogP contribution in [0.25, 0.3) is 11.4 Å². The molecular formula is C22H22F4N4O3S. The Bertz CT molecular complexity index is 1290. The highest BCUT2D eigenvalue weighted by Gasteiger charge is 2.35. The molecule has 34 heavy (non-hydrogen) atoms. The number of nitrogens with zero attached hydrogens (tertiary/aromatic N) is 4. The fourth-order valence-corrected chi connectivity index (χ4v) is 5.19. The van der Waals surface area contributed by atoms with E-state index in [0.717, 1.165) is 18.2 Å². The third kappa shape index (κ3) is 4.84. The topological polar surface area (TPSA) is 79.5 Å². The summed E-state index contributed by atoms with van der Waals surface area (Å²) in [6.07, 6.45) is -4.63. The number of aromatic nitrogens is 2. The molecule has 0 N–H and O–H groups in total. The van der Waals surface area contributed by atoms with Gasteiger partial charge in [-0.1, -0.05) is 23.4 Å². The zero-order chi connectivity index (χ0) is 24.7. The number of hydrogen-bond donors (Lipinski definition) is 0. The third-order valence-corrected chi connectivity index (χ3v) is 7.74. The minimum Gasteiger partial charge on any atom is -0.337 e. The van der Waals surface area contributed by atoms with Crippen molar-refractivity contribution in [2.45, 2.75) is 31.0 Å². The van der Waals surface area contributed by atoms with Crippen molar-refractivity contribution in [1.29, 1.82) is 0 Å². The van der Waals surface area contributed by atoms with Crippen LogP contribution in [0.1, 0.15) is 30.0 Å². The van der Waals surface area contributed by atoms with E-state index in [1.165, 1.54) is 10.4 Å². The molecule has 182 valence electrons. The van der Waals surface area contributed by atoms with Gasteiger partial charge in [-0.15, -0.1) is 0 Å². The highest BCUT2D eigenvalue weighted by Crippen LogP contribution is 2.32. The molecule has 12 heteroatoms. The van der Waals surface area contributed by atoms with Gasteiger partial charge in [0.2, 0.25) is 21.7 Å². The Morgan fingerprint density at radius 2 is 1.76 bits per heavy atom. The largest absolute Gasteiger partial charge is 0.416 e. The number of benzene rings is 2. The van der Waals surface area contributed by atoms with Gasteiger partial charge in [0, 0.05) is 31.7 Å². The third-order valence-electron chi connectivity index (χ3n) is 5.85. The second-order valence-corrected chi connectivity index (χ2v) is 10.00. The monoisotopic (exact) mass is 498 g/mol. The number of piperazine rings is 1. The molecule has 0 unspecified atom stereocenters. The number of halogens is 4. The second kappa shape index (κ2) is 9.08. The van der Waals surface area contributed by atoms with Crippen LogP contribution in [0.5, 0.6) is 0 Å². The minimum absolute atomic E-state index is 0.0904. The molecular weight excluding hydrogens is 476 g/mol. The van der Waals surface area contributed by atoms with Crippen LogP contribution in [0.15, 0.2) is 51.9 Å². The maximum Gasteiger partial charge on any atom is 0.416 e. The predicted octanol–water partition coefficient (Wildman–Crippen LogP) is 4.27. The van der Waals surface area contributed by atoms with Crippen LogP contribution in [0, 0.1) is 12.7 Å². The Balaban J connectivity index is 1.44. The quantitative estimate of drug-likeness (QED) is 0.489. The van der Waals surface area contributed by atoms with Crippen molar-refractivity contribution in [2.24, 2.45) is 0 Å². The molecule has 7 nitrogen and oxygen atoms in total. The van der Waals surface area contributed by atoms with Crippen LogP contribution >= 0.6 is 0 Å². The maximum absolute atomic E-state index is 13.9. The lowest BCUT2D eigenvalue weighted by atomic mass is 10.1. The van der Waals surface area contributed by atoms with Crippen molar-refractivity contribution in [2.75, 3.05) is 26.2 Å². The van der Waals surface area contributed by atoms with Crippen LogP contribution in [0.4, 0.5) is 17.6 Å². The fourth-order valence-electron chi connectivity index (χ4n) is 3.72. The number of hydrogen-bond acceptors (Lipinski definition) is 6. The van der Waals surface area contributed by atoms with E-state index in [1.807, 2.05) is 11.8 Å². The number of rotatable bonds is 5.